The highest BCUT2D eigenvalue weighted by atomic mass is 14.4. The maximum Gasteiger partial charge on any atom is -0.00174 e. The van der Waals surface area contributed by atoms with E-state index in [-0.39, 0.29) is 0 Å². The van der Waals surface area contributed by atoms with E-state index in [2.05, 4.69) is 47.6 Å². The molecule has 0 nitrogen and oxygen atoms in total. The first-order valence-corrected chi connectivity index (χ1v) is 9.98. The summed E-state index contributed by atoms with van der Waals surface area (Å²) in [7, 11) is 0. The Morgan fingerprint density at radius 1 is 1.00 bits per heavy atom. The van der Waals surface area contributed by atoms with Crippen molar-refractivity contribution in [3.05, 3.63) is 11.6 Å². The van der Waals surface area contributed by atoms with E-state index >= 15 is 0 Å². The summed E-state index contributed by atoms with van der Waals surface area (Å²) in [4.78, 5) is 0. The predicted octanol–water partition coefficient (Wildman–Crippen LogP) is 7.25. The van der Waals surface area contributed by atoms with Crippen molar-refractivity contribution in [1.29, 1.82) is 0 Å². The summed E-state index contributed by atoms with van der Waals surface area (Å²) in [5.41, 5.74) is 2.24. The van der Waals surface area contributed by atoms with Gasteiger partial charge in [0.1, 0.15) is 0 Å². The third-order valence-corrected chi connectivity index (χ3v) is 6.72. The number of rotatable bonds is 5. The highest BCUT2D eigenvalue weighted by Crippen LogP contribution is 2.44. The van der Waals surface area contributed by atoms with Gasteiger partial charge >= 0.3 is 0 Å². The first-order chi connectivity index (χ1) is 10.3. The van der Waals surface area contributed by atoms with E-state index in [1.807, 2.05) is 0 Å². The van der Waals surface area contributed by atoms with Gasteiger partial charge in [0.05, 0.1) is 0 Å². The molecule has 4 unspecified atom stereocenters. The first kappa shape index (κ1) is 18.1. The molecule has 0 saturated heterocycles. The Bertz CT molecular complexity index is 368. The molecular formula is C22H40. The Morgan fingerprint density at radius 3 is 2.32 bits per heavy atom. The summed E-state index contributed by atoms with van der Waals surface area (Å²) in [6, 6.07) is 0. The van der Waals surface area contributed by atoms with Crippen LogP contribution in [-0.2, 0) is 0 Å². The standard InChI is InChI=1S/C22H40/c1-16(2)19-10-8-7-9-18(11-12-19)14-21-15-20(21)13-17(3)22(4,5)6/h15-19,21H,7-14H2,1-6H3. The van der Waals surface area contributed by atoms with Gasteiger partial charge in [-0.2, -0.15) is 0 Å². The smallest absolute Gasteiger partial charge is 0.00174 e. The lowest BCUT2D eigenvalue weighted by Gasteiger charge is -2.28. The van der Waals surface area contributed by atoms with E-state index in [0.29, 0.717) is 5.41 Å². The van der Waals surface area contributed by atoms with Crippen molar-refractivity contribution in [3.63, 3.8) is 0 Å². The minimum atomic E-state index is 0.457. The largest absolute Gasteiger partial charge is 0.0775 e. The Morgan fingerprint density at radius 2 is 1.68 bits per heavy atom. The van der Waals surface area contributed by atoms with Gasteiger partial charge in [-0.05, 0) is 54.3 Å². The summed E-state index contributed by atoms with van der Waals surface area (Å²) in [5.74, 6) is 4.58. The Hall–Kier alpha value is -0.260. The molecule has 2 aliphatic rings. The second kappa shape index (κ2) is 7.54. The van der Waals surface area contributed by atoms with Crippen LogP contribution in [0.1, 0.15) is 92.9 Å². The summed E-state index contributed by atoms with van der Waals surface area (Å²) in [5, 5.41) is 0. The third-order valence-electron chi connectivity index (χ3n) is 6.72. The molecule has 2 rings (SSSR count). The van der Waals surface area contributed by atoms with Gasteiger partial charge in [-0.25, -0.2) is 0 Å². The molecule has 0 aromatic rings. The molecule has 0 heteroatoms. The molecular weight excluding hydrogens is 264 g/mol. The van der Waals surface area contributed by atoms with Gasteiger partial charge in [-0.15, -0.1) is 0 Å². The van der Waals surface area contributed by atoms with E-state index in [0.717, 1.165) is 29.6 Å². The molecule has 1 fully saturated rings. The molecule has 0 bridgehead atoms. The lowest BCUT2D eigenvalue weighted by molar-refractivity contribution is 0.245. The van der Waals surface area contributed by atoms with Gasteiger partial charge in [-0.3, -0.25) is 0 Å². The van der Waals surface area contributed by atoms with Crippen LogP contribution in [-0.4, -0.2) is 0 Å². The van der Waals surface area contributed by atoms with Crippen LogP contribution in [0.25, 0.3) is 0 Å². The Balaban J connectivity index is 1.73. The van der Waals surface area contributed by atoms with Crippen molar-refractivity contribution in [2.75, 3.05) is 0 Å². The van der Waals surface area contributed by atoms with Crippen LogP contribution in [0, 0.1) is 35.0 Å². The summed E-state index contributed by atoms with van der Waals surface area (Å²) >= 11 is 0. The first-order valence-electron chi connectivity index (χ1n) is 9.98. The Labute approximate surface area is 140 Å². The van der Waals surface area contributed by atoms with Crippen molar-refractivity contribution in [1.82, 2.24) is 0 Å². The van der Waals surface area contributed by atoms with Crippen LogP contribution in [0.15, 0.2) is 11.6 Å². The summed E-state index contributed by atoms with van der Waals surface area (Å²) in [6.07, 6.45) is 14.3. The fourth-order valence-corrected chi connectivity index (χ4v) is 4.15. The molecule has 1 saturated carbocycles. The molecule has 22 heavy (non-hydrogen) atoms. The third kappa shape index (κ3) is 5.43. The molecule has 0 aliphatic heterocycles. The number of allylic oxidation sites excluding steroid dienone is 2. The van der Waals surface area contributed by atoms with Crippen LogP contribution >= 0.6 is 0 Å². The zero-order chi connectivity index (χ0) is 16.3. The molecule has 128 valence electrons. The summed E-state index contributed by atoms with van der Waals surface area (Å²) < 4.78 is 0. The Kier molecular flexibility index (Phi) is 6.20. The van der Waals surface area contributed by atoms with Crippen LogP contribution in [0.3, 0.4) is 0 Å². The van der Waals surface area contributed by atoms with Gasteiger partial charge in [0.25, 0.3) is 0 Å². The highest BCUT2D eigenvalue weighted by Gasteiger charge is 2.32. The van der Waals surface area contributed by atoms with Crippen LogP contribution in [0.4, 0.5) is 0 Å². The molecule has 0 radical (unpaired) electrons. The minimum absolute atomic E-state index is 0.457. The van der Waals surface area contributed by atoms with E-state index in [1.54, 1.807) is 5.57 Å². The quantitative estimate of drug-likeness (QED) is 0.469. The molecule has 0 amide bonds. The predicted molar refractivity (Wildman–Crippen MR) is 98.9 cm³/mol. The van der Waals surface area contributed by atoms with Crippen molar-refractivity contribution >= 4 is 0 Å². The normalized spacial score (nSPS) is 31.4. The number of hydrogen-bond donors (Lipinski definition) is 0. The van der Waals surface area contributed by atoms with Gasteiger partial charge in [0.2, 0.25) is 0 Å². The zero-order valence-corrected chi connectivity index (χ0v) is 16.1. The topological polar surface area (TPSA) is 0 Å². The fraction of sp³-hybridized carbons (Fsp3) is 0.909. The second-order valence-electron chi connectivity index (χ2n) is 9.79. The van der Waals surface area contributed by atoms with Crippen LogP contribution < -0.4 is 0 Å². The highest BCUT2D eigenvalue weighted by molar-refractivity contribution is 5.29. The molecule has 0 aromatic carbocycles. The zero-order valence-electron chi connectivity index (χ0n) is 16.1. The van der Waals surface area contributed by atoms with Crippen LogP contribution in [0.5, 0.6) is 0 Å². The lowest BCUT2D eigenvalue weighted by Crippen LogP contribution is -2.17. The van der Waals surface area contributed by atoms with E-state index in [1.165, 1.54) is 51.4 Å². The minimum Gasteiger partial charge on any atom is -0.0775 e. The van der Waals surface area contributed by atoms with Gasteiger partial charge in [-0.1, -0.05) is 85.3 Å². The summed E-state index contributed by atoms with van der Waals surface area (Å²) in [6.45, 7) is 14.4. The van der Waals surface area contributed by atoms with Crippen molar-refractivity contribution in [3.8, 4) is 0 Å². The molecule has 2 aliphatic carbocycles. The monoisotopic (exact) mass is 304 g/mol. The van der Waals surface area contributed by atoms with Crippen molar-refractivity contribution in [2.24, 2.45) is 35.0 Å². The fourth-order valence-electron chi connectivity index (χ4n) is 4.15. The maximum atomic E-state index is 2.58. The van der Waals surface area contributed by atoms with Gasteiger partial charge in [0.15, 0.2) is 0 Å². The van der Waals surface area contributed by atoms with E-state index in [4.69, 9.17) is 0 Å². The van der Waals surface area contributed by atoms with E-state index in [9.17, 15) is 0 Å². The van der Waals surface area contributed by atoms with Gasteiger partial charge in [0, 0.05) is 0 Å². The molecule has 0 spiro atoms. The molecule has 0 aromatic heterocycles. The molecule has 0 heterocycles. The lowest BCUT2D eigenvalue weighted by atomic mass is 9.77. The molecule has 4 atom stereocenters. The van der Waals surface area contributed by atoms with Crippen molar-refractivity contribution in [2.45, 2.75) is 92.9 Å². The average Bonchev–Trinajstić information content (AvgIpc) is 3.09. The second-order valence-corrected chi connectivity index (χ2v) is 9.79. The molecule has 0 N–H and O–H groups in total. The average molecular weight is 305 g/mol. The van der Waals surface area contributed by atoms with Gasteiger partial charge < -0.3 is 0 Å². The maximum absolute atomic E-state index is 2.58. The van der Waals surface area contributed by atoms with Crippen molar-refractivity contribution < 1.29 is 0 Å². The SMILES string of the molecule is CC(C)C1CCCCC(CC2C=C2CC(C)C(C)(C)C)CC1. The van der Waals surface area contributed by atoms with E-state index < -0.39 is 0 Å². The number of hydrogen-bond acceptors (Lipinski definition) is 0. The van der Waals surface area contributed by atoms with Crippen LogP contribution in [0.2, 0.25) is 0 Å².